The van der Waals surface area contributed by atoms with Crippen molar-refractivity contribution in [2.75, 3.05) is 0 Å². The fourth-order valence-corrected chi connectivity index (χ4v) is 3.35. The van der Waals surface area contributed by atoms with Gasteiger partial charge < -0.3 is 9.88 Å². The smallest absolute Gasteiger partial charge is 0.0949 e. The van der Waals surface area contributed by atoms with Crippen molar-refractivity contribution >= 4 is 27.5 Å². The highest BCUT2D eigenvalue weighted by Gasteiger charge is 2.27. The second-order valence-corrected chi connectivity index (χ2v) is 6.51. The maximum absolute atomic E-state index is 6.13. The molecule has 1 fully saturated rings. The normalized spacial score (nSPS) is 22.3. The molecule has 20 heavy (non-hydrogen) atoms. The molecule has 5 heteroatoms. The van der Waals surface area contributed by atoms with Crippen molar-refractivity contribution in [3.05, 3.63) is 52.0 Å². The van der Waals surface area contributed by atoms with E-state index in [1.165, 1.54) is 24.8 Å². The van der Waals surface area contributed by atoms with E-state index in [1.807, 2.05) is 24.7 Å². The second-order valence-electron chi connectivity index (χ2n) is 5.24. The van der Waals surface area contributed by atoms with Gasteiger partial charge in [-0.05, 0) is 52.9 Å². The lowest BCUT2D eigenvalue weighted by Crippen LogP contribution is -2.33. The maximum Gasteiger partial charge on any atom is 0.0949 e. The molecule has 1 heterocycles. The van der Waals surface area contributed by atoms with E-state index in [2.05, 4.69) is 43.1 Å². The maximum atomic E-state index is 6.13. The molecule has 0 aliphatic heterocycles. The van der Waals surface area contributed by atoms with E-state index in [9.17, 15) is 0 Å². The molecule has 2 unspecified atom stereocenters. The fourth-order valence-electron chi connectivity index (χ4n) is 2.90. The van der Waals surface area contributed by atoms with Crippen molar-refractivity contribution in [1.29, 1.82) is 0 Å². The van der Waals surface area contributed by atoms with Gasteiger partial charge in [-0.15, -0.1) is 0 Å². The van der Waals surface area contributed by atoms with Gasteiger partial charge in [0.1, 0.15) is 0 Å². The standard InChI is InChI=1S/C15H17BrClN3/c16-12-5-4-11(8-13(12)17)9-19-14-2-1-3-15(14)20-7-6-18-10-20/h4-8,10,14-15,19H,1-3,9H2. The minimum absolute atomic E-state index is 0.506. The van der Waals surface area contributed by atoms with Gasteiger partial charge in [0, 0.05) is 35.5 Å². The highest BCUT2D eigenvalue weighted by Crippen LogP contribution is 2.30. The van der Waals surface area contributed by atoms with E-state index in [0.717, 1.165) is 16.0 Å². The lowest BCUT2D eigenvalue weighted by atomic mass is 10.1. The number of halogens is 2. The molecule has 1 aromatic heterocycles. The molecule has 1 aliphatic carbocycles. The molecule has 1 N–H and O–H groups in total. The predicted molar refractivity (Wildman–Crippen MR) is 84.9 cm³/mol. The minimum Gasteiger partial charge on any atom is -0.333 e. The summed E-state index contributed by atoms with van der Waals surface area (Å²) in [7, 11) is 0. The number of rotatable bonds is 4. The monoisotopic (exact) mass is 353 g/mol. The molecule has 0 bridgehead atoms. The number of imidazole rings is 1. The lowest BCUT2D eigenvalue weighted by Gasteiger charge is -2.22. The Bertz CT molecular complexity index is 571. The molecule has 3 rings (SSSR count). The Morgan fingerprint density at radius 1 is 1.40 bits per heavy atom. The predicted octanol–water partition coefficient (Wildman–Crippen LogP) is 4.18. The van der Waals surface area contributed by atoms with Crippen LogP contribution in [0.15, 0.2) is 41.4 Å². The van der Waals surface area contributed by atoms with Gasteiger partial charge in [0.05, 0.1) is 11.3 Å². The van der Waals surface area contributed by atoms with E-state index >= 15 is 0 Å². The van der Waals surface area contributed by atoms with Gasteiger partial charge in [-0.3, -0.25) is 0 Å². The van der Waals surface area contributed by atoms with Crippen LogP contribution in [0.25, 0.3) is 0 Å². The first-order valence-electron chi connectivity index (χ1n) is 6.89. The van der Waals surface area contributed by atoms with Crippen LogP contribution in [0.1, 0.15) is 30.9 Å². The molecule has 3 nitrogen and oxygen atoms in total. The molecule has 1 aromatic carbocycles. The van der Waals surface area contributed by atoms with Gasteiger partial charge in [0.2, 0.25) is 0 Å². The van der Waals surface area contributed by atoms with Gasteiger partial charge in [0.15, 0.2) is 0 Å². The van der Waals surface area contributed by atoms with Crippen molar-refractivity contribution in [2.45, 2.75) is 37.9 Å². The average molecular weight is 355 g/mol. The molecule has 106 valence electrons. The zero-order valence-corrected chi connectivity index (χ0v) is 13.4. The summed E-state index contributed by atoms with van der Waals surface area (Å²) in [6, 6.07) is 7.14. The average Bonchev–Trinajstić information content (AvgIpc) is 3.09. The Hall–Kier alpha value is -0.840. The Morgan fingerprint density at radius 2 is 2.30 bits per heavy atom. The van der Waals surface area contributed by atoms with E-state index in [1.54, 1.807) is 0 Å². The van der Waals surface area contributed by atoms with Crippen LogP contribution >= 0.6 is 27.5 Å². The van der Waals surface area contributed by atoms with Crippen LogP contribution in [0.2, 0.25) is 5.02 Å². The van der Waals surface area contributed by atoms with Crippen LogP contribution < -0.4 is 5.32 Å². The van der Waals surface area contributed by atoms with Crippen molar-refractivity contribution in [3.8, 4) is 0 Å². The molecular weight excluding hydrogens is 338 g/mol. The van der Waals surface area contributed by atoms with E-state index < -0.39 is 0 Å². The van der Waals surface area contributed by atoms with Crippen LogP contribution in [0.4, 0.5) is 0 Å². The first-order valence-corrected chi connectivity index (χ1v) is 8.06. The number of nitrogens with zero attached hydrogens (tertiary/aromatic N) is 2. The summed E-state index contributed by atoms with van der Waals surface area (Å²) in [6.07, 6.45) is 9.52. The number of nitrogens with one attached hydrogen (secondary N) is 1. The first kappa shape index (κ1) is 14.1. The Morgan fingerprint density at radius 3 is 3.05 bits per heavy atom. The van der Waals surface area contributed by atoms with Crippen molar-refractivity contribution in [3.63, 3.8) is 0 Å². The third-order valence-electron chi connectivity index (χ3n) is 3.94. The van der Waals surface area contributed by atoms with Crippen molar-refractivity contribution in [2.24, 2.45) is 0 Å². The molecule has 0 saturated heterocycles. The van der Waals surface area contributed by atoms with Crippen LogP contribution in [-0.2, 0) is 6.54 Å². The molecule has 0 radical (unpaired) electrons. The summed E-state index contributed by atoms with van der Waals surface area (Å²) in [5.74, 6) is 0. The molecule has 1 aliphatic rings. The summed E-state index contributed by atoms with van der Waals surface area (Å²) in [4.78, 5) is 4.15. The van der Waals surface area contributed by atoms with Crippen LogP contribution in [0, 0.1) is 0 Å². The molecule has 1 saturated carbocycles. The summed E-state index contributed by atoms with van der Waals surface area (Å²) in [5, 5.41) is 4.43. The highest BCUT2D eigenvalue weighted by molar-refractivity contribution is 9.10. The van der Waals surface area contributed by atoms with Crippen molar-refractivity contribution < 1.29 is 0 Å². The number of aromatic nitrogens is 2. The number of hydrogen-bond acceptors (Lipinski definition) is 2. The Balaban J connectivity index is 1.64. The molecule has 0 spiro atoms. The summed E-state index contributed by atoms with van der Waals surface area (Å²) >= 11 is 9.55. The van der Waals surface area contributed by atoms with Gasteiger partial charge in [-0.2, -0.15) is 0 Å². The summed E-state index contributed by atoms with van der Waals surface area (Å²) in [6.45, 7) is 0.850. The molecular formula is C15H17BrClN3. The van der Waals surface area contributed by atoms with Crippen molar-refractivity contribution in [1.82, 2.24) is 14.9 Å². The van der Waals surface area contributed by atoms with Gasteiger partial charge in [0.25, 0.3) is 0 Å². The number of hydrogen-bond donors (Lipinski definition) is 1. The third kappa shape index (κ3) is 3.08. The Kier molecular flexibility index (Phi) is 4.44. The highest BCUT2D eigenvalue weighted by atomic mass is 79.9. The largest absolute Gasteiger partial charge is 0.333 e. The fraction of sp³-hybridized carbons (Fsp3) is 0.400. The molecule has 2 aromatic rings. The molecule has 0 amide bonds. The topological polar surface area (TPSA) is 29.9 Å². The zero-order chi connectivity index (χ0) is 13.9. The van der Waals surface area contributed by atoms with E-state index in [-0.39, 0.29) is 0 Å². The zero-order valence-electron chi connectivity index (χ0n) is 11.1. The third-order valence-corrected chi connectivity index (χ3v) is 5.17. The van der Waals surface area contributed by atoms with Crippen LogP contribution in [0.5, 0.6) is 0 Å². The quantitative estimate of drug-likeness (QED) is 0.892. The molecule has 2 atom stereocenters. The second kappa shape index (κ2) is 6.29. The Labute approximate surface area is 132 Å². The first-order chi connectivity index (χ1) is 9.74. The summed E-state index contributed by atoms with van der Waals surface area (Å²) in [5.41, 5.74) is 1.22. The van der Waals surface area contributed by atoms with E-state index in [0.29, 0.717) is 12.1 Å². The minimum atomic E-state index is 0.506. The van der Waals surface area contributed by atoms with Gasteiger partial charge in [-0.1, -0.05) is 17.7 Å². The van der Waals surface area contributed by atoms with Crippen LogP contribution in [0.3, 0.4) is 0 Å². The number of benzene rings is 1. The van der Waals surface area contributed by atoms with E-state index in [4.69, 9.17) is 11.6 Å². The SMILES string of the molecule is Clc1cc(CNC2CCCC2n2ccnc2)ccc1Br. The van der Waals surface area contributed by atoms with Gasteiger partial charge >= 0.3 is 0 Å². The lowest BCUT2D eigenvalue weighted by molar-refractivity contribution is 0.390. The summed E-state index contributed by atoms with van der Waals surface area (Å²) < 4.78 is 3.17. The van der Waals surface area contributed by atoms with Crippen LogP contribution in [-0.4, -0.2) is 15.6 Å². The van der Waals surface area contributed by atoms with Gasteiger partial charge in [-0.25, -0.2) is 4.98 Å².